The second kappa shape index (κ2) is 8.18. The molecular weight excluding hydrogens is 410 g/mol. The average Bonchev–Trinajstić information content (AvgIpc) is 3.46. The summed E-state index contributed by atoms with van der Waals surface area (Å²) in [6, 6.07) is 24.6. The van der Waals surface area contributed by atoms with Crippen LogP contribution in [0, 0.1) is 0 Å². The Kier molecular flexibility index (Phi) is 5.09. The molecule has 2 N–H and O–H groups in total. The van der Waals surface area contributed by atoms with Crippen LogP contribution in [0.5, 0.6) is 5.75 Å². The normalized spacial score (nSPS) is 10.8. The molecule has 0 aliphatic heterocycles. The molecule has 0 fully saturated rings. The molecule has 5 aromatic rings. The summed E-state index contributed by atoms with van der Waals surface area (Å²) in [6.45, 7) is 0. The van der Waals surface area contributed by atoms with Gasteiger partial charge in [0.2, 0.25) is 0 Å². The topological polar surface area (TPSA) is 46.2 Å². The van der Waals surface area contributed by atoms with E-state index in [0.29, 0.717) is 0 Å². The van der Waals surface area contributed by atoms with Gasteiger partial charge in [0, 0.05) is 33.0 Å². The molecule has 5 rings (SSSR count). The van der Waals surface area contributed by atoms with Crippen LogP contribution in [-0.4, -0.2) is 12.1 Å². The molecule has 0 saturated heterocycles. The highest BCUT2D eigenvalue weighted by molar-refractivity contribution is 7.26. The van der Waals surface area contributed by atoms with Crippen molar-refractivity contribution in [1.82, 2.24) is 4.98 Å². The Balaban J connectivity index is 1.35. The minimum atomic E-state index is 0.847. The van der Waals surface area contributed by atoms with Crippen molar-refractivity contribution in [3.8, 4) is 15.5 Å². The highest BCUT2D eigenvalue weighted by Crippen LogP contribution is 2.39. The van der Waals surface area contributed by atoms with E-state index in [1.54, 1.807) is 29.8 Å². The third kappa shape index (κ3) is 3.87. The summed E-state index contributed by atoms with van der Waals surface area (Å²) in [6.07, 6.45) is 1.86. The first kappa shape index (κ1) is 18.7. The number of ether oxygens (including phenoxy) is 1. The molecule has 0 aliphatic rings. The monoisotopic (exact) mass is 429 g/mol. The number of methoxy groups -OCH3 is 1. The highest BCUT2D eigenvalue weighted by atomic mass is 32.1. The summed E-state index contributed by atoms with van der Waals surface area (Å²) < 4.78 is 6.37. The molecule has 148 valence electrons. The zero-order valence-corrected chi connectivity index (χ0v) is 17.9. The van der Waals surface area contributed by atoms with Crippen LogP contribution < -0.4 is 15.4 Å². The number of anilines is 4. The SMILES string of the molecule is COc1ccc(Nc2ccc(Nc3ccnc4cc(-c5cccs5)sc34)cc2)cc1. The van der Waals surface area contributed by atoms with Gasteiger partial charge in [-0.25, -0.2) is 0 Å². The number of nitrogens with zero attached hydrogens (tertiary/aromatic N) is 1. The molecule has 4 nitrogen and oxygen atoms in total. The molecule has 0 spiro atoms. The van der Waals surface area contributed by atoms with E-state index in [4.69, 9.17) is 4.74 Å². The molecule has 6 heteroatoms. The molecule has 0 atom stereocenters. The number of fused-ring (bicyclic) bond motifs is 1. The van der Waals surface area contributed by atoms with E-state index < -0.39 is 0 Å². The lowest BCUT2D eigenvalue weighted by molar-refractivity contribution is 0.415. The van der Waals surface area contributed by atoms with E-state index in [2.05, 4.69) is 63.5 Å². The number of pyridine rings is 1. The molecule has 0 radical (unpaired) electrons. The van der Waals surface area contributed by atoms with E-state index in [1.807, 2.05) is 36.5 Å². The van der Waals surface area contributed by atoms with Gasteiger partial charge in [0.25, 0.3) is 0 Å². The fourth-order valence-electron chi connectivity index (χ4n) is 3.21. The van der Waals surface area contributed by atoms with Gasteiger partial charge in [-0.3, -0.25) is 4.98 Å². The number of hydrogen-bond acceptors (Lipinski definition) is 6. The quantitative estimate of drug-likeness (QED) is 0.293. The van der Waals surface area contributed by atoms with Gasteiger partial charge >= 0.3 is 0 Å². The minimum Gasteiger partial charge on any atom is -0.497 e. The predicted molar refractivity (Wildman–Crippen MR) is 129 cm³/mol. The number of benzene rings is 2. The number of aromatic nitrogens is 1. The molecule has 0 aliphatic carbocycles. The summed E-state index contributed by atoms with van der Waals surface area (Å²) in [4.78, 5) is 7.07. The Hall–Kier alpha value is -3.35. The van der Waals surface area contributed by atoms with E-state index >= 15 is 0 Å². The van der Waals surface area contributed by atoms with Crippen LogP contribution in [0.4, 0.5) is 22.7 Å². The van der Waals surface area contributed by atoms with Gasteiger partial charge in [-0.1, -0.05) is 6.07 Å². The van der Waals surface area contributed by atoms with Gasteiger partial charge in [-0.05, 0) is 72.1 Å². The molecule has 30 heavy (non-hydrogen) atoms. The lowest BCUT2D eigenvalue weighted by atomic mass is 10.2. The smallest absolute Gasteiger partial charge is 0.119 e. The number of thiophene rings is 2. The molecule has 3 aromatic heterocycles. The van der Waals surface area contributed by atoms with Gasteiger partial charge in [0.15, 0.2) is 0 Å². The van der Waals surface area contributed by atoms with Gasteiger partial charge in [-0.15, -0.1) is 22.7 Å². The first-order chi connectivity index (χ1) is 14.8. The average molecular weight is 430 g/mol. The van der Waals surface area contributed by atoms with E-state index in [9.17, 15) is 0 Å². The Bertz CT molecular complexity index is 1260. The molecule has 0 unspecified atom stereocenters. The van der Waals surface area contributed by atoms with Crippen LogP contribution in [0.1, 0.15) is 0 Å². The first-order valence-electron chi connectivity index (χ1n) is 9.49. The van der Waals surface area contributed by atoms with Crippen molar-refractivity contribution in [2.75, 3.05) is 17.7 Å². The Morgan fingerprint density at radius 1 is 0.800 bits per heavy atom. The molecule has 2 aromatic carbocycles. The second-order valence-electron chi connectivity index (χ2n) is 6.72. The third-order valence-electron chi connectivity index (χ3n) is 4.72. The fraction of sp³-hybridized carbons (Fsp3) is 0.0417. The minimum absolute atomic E-state index is 0.847. The number of nitrogens with one attached hydrogen (secondary N) is 2. The van der Waals surface area contributed by atoms with E-state index in [1.165, 1.54) is 14.5 Å². The molecule has 0 amide bonds. The van der Waals surface area contributed by atoms with Crippen LogP contribution in [0.3, 0.4) is 0 Å². The molecular formula is C24H19N3OS2. The lowest BCUT2D eigenvalue weighted by Gasteiger charge is -2.10. The zero-order chi connectivity index (χ0) is 20.3. The van der Waals surface area contributed by atoms with E-state index in [0.717, 1.165) is 34.0 Å². The van der Waals surface area contributed by atoms with Gasteiger partial charge in [0.05, 0.1) is 23.0 Å². The first-order valence-corrected chi connectivity index (χ1v) is 11.2. The molecule has 0 bridgehead atoms. The van der Waals surface area contributed by atoms with Crippen molar-refractivity contribution in [3.63, 3.8) is 0 Å². The van der Waals surface area contributed by atoms with Crippen molar-refractivity contribution in [3.05, 3.63) is 84.4 Å². The Labute approximate surface area is 182 Å². The largest absolute Gasteiger partial charge is 0.497 e. The standard InChI is InChI=1S/C24H19N3OS2/c1-28-19-10-8-17(9-11-19)26-16-4-6-18(7-5-16)27-20-12-13-25-21-15-23(30-24(20)21)22-3-2-14-29-22/h2-15,26H,1H3,(H,25,27). The van der Waals surface area contributed by atoms with Gasteiger partial charge in [0.1, 0.15) is 5.75 Å². The van der Waals surface area contributed by atoms with Crippen LogP contribution in [0.15, 0.2) is 84.4 Å². The van der Waals surface area contributed by atoms with Crippen molar-refractivity contribution < 1.29 is 4.74 Å². The summed E-state index contributed by atoms with van der Waals surface area (Å²) in [5.41, 5.74) is 5.18. The van der Waals surface area contributed by atoms with E-state index in [-0.39, 0.29) is 0 Å². The van der Waals surface area contributed by atoms with Crippen molar-refractivity contribution >= 4 is 55.6 Å². The third-order valence-corrected chi connectivity index (χ3v) is 6.94. The Morgan fingerprint density at radius 3 is 2.17 bits per heavy atom. The van der Waals surface area contributed by atoms with Crippen molar-refractivity contribution in [2.24, 2.45) is 0 Å². The van der Waals surface area contributed by atoms with Crippen LogP contribution in [-0.2, 0) is 0 Å². The van der Waals surface area contributed by atoms with Gasteiger partial charge in [-0.2, -0.15) is 0 Å². The summed E-state index contributed by atoms with van der Waals surface area (Å²) in [5, 5.41) is 9.05. The number of rotatable bonds is 6. The van der Waals surface area contributed by atoms with Crippen LogP contribution in [0.2, 0.25) is 0 Å². The van der Waals surface area contributed by atoms with Crippen molar-refractivity contribution in [2.45, 2.75) is 0 Å². The highest BCUT2D eigenvalue weighted by Gasteiger charge is 2.10. The van der Waals surface area contributed by atoms with Crippen LogP contribution >= 0.6 is 22.7 Å². The summed E-state index contributed by atoms with van der Waals surface area (Å²) in [7, 11) is 1.67. The second-order valence-corrected chi connectivity index (χ2v) is 8.72. The predicted octanol–water partition coefficient (Wildman–Crippen LogP) is 7.52. The van der Waals surface area contributed by atoms with Crippen molar-refractivity contribution in [1.29, 1.82) is 0 Å². The molecule has 3 heterocycles. The summed E-state index contributed by atoms with van der Waals surface area (Å²) in [5.74, 6) is 0.847. The Morgan fingerprint density at radius 2 is 1.50 bits per heavy atom. The maximum atomic E-state index is 5.21. The van der Waals surface area contributed by atoms with Crippen LogP contribution in [0.25, 0.3) is 20.0 Å². The maximum absolute atomic E-state index is 5.21. The summed E-state index contributed by atoms with van der Waals surface area (Å²) >= 11 is 3.53. The molecule has 0 saturated carbocycles. The number of hydrogen-bond donors (Lipinski definition) is 2. The fourth-order valence-corrected chi connectivity index (χ4v) is 5.12. The lowest BCUT2D eigenvalue weighted by Crippen LogP contribution is -1.93. The maximum Gasteiger partial charge on any atom is 0.119 e. The van der Waals surface area contributed by atoms with Gasteiger partial charge < -0.3 is 15.4 Å². The zero-order valence-electron chi connectivity index (χ0n) is 16.3.